The van der Waals surface area contributed by atoms with Crippen LogP contribution >= 0.6 is 0 Å². The molecule has 0 aliphatic heterocycles. The topological polar surface area (TPSA) is 12.0 Å². The summed E-state index contributed by atoms with van der Waals surface area (Å²) in [4.78, 5) is 0. The molecule has 17 heavy (non-hydrogen) atoms. The fourth-order valence-electron chi connectivity index (χ4n) is 1.79. The molecule has 0 amide bonds. The first-order chi connectivity index (χ1) is 7.89. The lowest BCUT2D eigenvalue weighted by atomic mass is 9.86. The van der Waals surface area contributed by atoms with Crippen LogP contribution in [0, 0.1) is 5.92 Å². The average Bonchev–Trinajstić information content (AvgIpc) is 2.23. The van der Waals surface area contributed by atoms with E-state index in [-0.39, 0.29) is 5.41 Å². The summed E-state index contributed by atoms with van der Waals surface area (Å²) in [6, 6.07) is 9.05. The second-order valence-electron chi connectivity index (χ2n) is 6.29. The zero-order valence-corrected chi connectivity index (χ0v) is 12.0. The Hall–Kier alpha value is -0.820. The predicted molar refractivity (Wildman–Crippen MR) is 76.6 cm³/mol. The first kappa shape index (κ1) is 14.2. The Balaban J connectivity index is 2.41. The molecule has 0 spiro atoms. The van der Waals surface area contributed by atoms with Gasteiger partial charge in [-0.3, -0.25) is 0 Å². The van der Waals surface area contributed by atoms with Gasteiger partial charge in [0.2, 0.25) is 0 Å². The Kier molecular flexibility index (Phi) is 5.20. The van der Waals surface area contributed by atoms with Crippen molar-refractivity contribution < 1.29 is 0 Å². The van der Waals surface area contributed by atoms with Crippen LogP contribution in [0.2, 0.25) is 0 Å². The molecule has 1 aromatic rings. The molecule has 0 heterocycles. The minimum atomic E-state index is 0.258. The van der Waals surface area contributed by atoms with E-state index in [1.807, 2.05) is 0 Å². The van der Waals surface area contributed by atoms with Crippen LogP contribution in [-0.4, -0.2) is 13.1 Å². The highest BCUT2D eigenvalue weighted by molar-refractivity contribution is 5.27. The molecule has 0 aromatic heterocycles. The molecule has 0 radical (unpaired) electrons. The van der Waals surface area contributed by atoms with Crippen molar-refractivity contribution >= 4 is 0 Å². The van der Waals surface area contributed by atoms with Crippen LogP contribution in [0.4, 0.5) is 0 Å². The van der Waals surface area contributed by atoms with Gasteiger partial charge in [0.05, 0.1) is 0 Å². The quantitative estimate of drug-likeness (QED) is 0.763. The van der Waals surface area contributed by atoms with Crippen LogP contribution in [0.15, 0.2) is 24.3 Å². The van der Waals surface area contributed by atoms with E-state index >= 15 is 0 Å². The Morgan fingerprint density at radius 2 is 1.65 bits per heavy atom. The molecule has 96 valence electrons. The fraction of sp³-hybridized carbons (Fsp3) is 0.625. The lowest BCUT2D eigenvalue weighted by molar-refractivity contribution is 0.554. The van der Waals surface area contributed by atoms with Gasteiger partial charge in [0.15, 0.2) is 0 Å². The molecule has 0 bridgehead atoms. The van der Waals surface area contributed by atoms with Crippen molar-refractivity contribution in [1.29, 1.82) is 0 Å². The van der Waals surface area contributed by atoms with Gasteiger partial charge >= 0.3 is 0 Å². The van der Waals surface area contributed by atoms with Crippen molar-refractivity contribution in [3.8, 4) is 0 Å². The summed E-state index contributed by atoms with van der Waals surface area (Å²) in [7, 11) is 0. The van der Waals surface area contributed by atoms with Gasteiger partial charge in [-0.15, -0.1) is 0 Å². The van der Waals surface area contributed by atoms with Crippen molar-refractivity contribution in [3.05, 3.63) is 35.4 Å². The van der Waals surface area contributed by atoms with Crippen LogP contribution in [0.25, 0.3) is 0 Å². The van der Waals surface area contributed by atoms with Gasteiger partial charge in [0.1, 0.15) is 0 Å². The lowest BCUT2D eigenvalue weighted by Crippen LogP contribution is -2.22. The van der Waals surface area contributed by atoms with Gasteiger partial charge < -0.3 is 5.32 Å². The second-order valence-corrected chi connectivity index (χ2v) is 6.29. The Bertz CT molecular complexity index is 316. The van der Waals surface area contributed by atoms with E-state index in [1.165, 1.54) is 11.1 Å². The van der Waals surface area contributed by atoms with E-state index in [2.05, 4.69) is 64.2 Å². The normalized spacial score (nSPS) is 12.1. The molecule has 0 atom stereocenters. The van der Waals surface area contributed by atoms with E-state index in [0.29, 0.717) is 0 Å². The summed E-state index contributed by atoms with van der Waals surface area (Å²) in [5.74, 6) is 0.735. The Labute approximate surface area is 107 Å². The molecule has 0 unspecified atom stereocenters. The summed E-state index contributed by atoms with van der Waals surface area (Å²) < 4.78 is 0. The molecule has 0 saturated heterocycles. The highest BCUT2D eigenvalue weighted by Gasteiger charge is 2.12. The van der Waals surface area contributed by atoms with E-state index in [0.717, 1.165) is 25.4 Å². The summed E-state index contributed by atoms with van der Waals surface area (Å²) in [6.45, 7) is 13.4. The second kappa shape index (κ2) is 6.20. The van der Waals surface area contributed by atoms with Crippen LogP contribution in [0.1, 0.15) is 45.7 Å². The van der Waals surface area contributed by atoms with Crippen molar-refractivity contribution in [2.45, 2.75) is 46.5 Å². The van der Waals surface area contributed by atoms with Crippen LogP contribution in [-0.2, 0) is 11.8 Å². The van der Waals surface area contributed by atoms with Crippen molar-refractivity contribution in [2.24, 2.45) is 5.92 Å². The average molecular weight is 233 g/mol. The van der Waals surface area contributed by atoms with Crippen molar-refractivity contribution in [2.75, 3.05) is 13.1 Å². The maximum absolute atomic E-state index is 3.48. The number of benzene rings is 1. The van der Waals surface area contributed by atoms with E-state index in [1.54, 1.807) is 0 Å². The molecule has 1 N–H and O–H groups in total. The van der Waals surface area contributed by atoms with Crippen LogP contribution in [0.5, 0.6) is 0 Å². The zero-order valence-electron chi connectivity index (χ0n) is 12.0. The Morgan fingerprint density at radius 3 is 2.12 bits per heavy atom. The summed E-state index contributed by atoms with van der Waals surface area (Å²) in [5, 5.41) is 3.48. The zero-order chi connectivity index (χ0) is 12.9. The van der Waals surface area contributed by atoms with Crippen molar-refractivity contribution in [3.63, 3.8) is 0 Å². The SMILES string of the molecule is CC(C)CNCCc1ccc(C(C)(C)C)cc1. The lowest BCUT2D eigenvalue weighted by Gasteiger charge is -2.19. The molecule has 0 fully saturated rings. The third-order valence-electron chi connectivity index (χ3n) is 2.96. The summed E-state index contributed by atoms with van der Waals surface area (Å²) in [5.41, 5.74) is 3.10. The van der Waals surface area contributed by atoms with Gasteiger partial charge in [-0.2, -0.15) is 0 Å². The molecule has 1 nitrogen and oxygen atoms in total. The molecule has 1 aromatic carbocycles. The smallest absolute Gasteiger partial charge is 0.000824 e. The van der Waals surface area contributed by atoms with Crippen LogP contribution in [0.3, 0.4) is 0 Å². The standard InChI is InChI=1S/C16H27N/c1-13(2)12-17-11-10-14-6-8-15(9-7-14)16(3,4)5/h6-9,13,17H,10-12H2,1-5H3. The Morgan fingerprint density at radius 1 is 1.06 bits per heavy atom. The largest absolute Gasteiger partial charge is 0.316 e. The van der Waals surface area contributed by atoms with Gasteiger partial charge in [-0.1, -0.05) is 58.9 Å². The summed E-state index contributed by atoms with van der Waals surface area (Å²) in [6.07, 6.45) is 1.12. The predicted octanol–water partition coefficient (Wildman–Crippen LogP) is 3.77. The molecule has 1 rings (SSSR count). The van der Waals surface area contributed by atoms with Crippen molar-refractivity contribution in [1.82, 2.24) is 5.32 Å². The number of rotatable bonds is 5. The van der Waals surface area contributed by atoms with Crippen LogP contribution < -0.4 is 5.32 Å². The van der Waals surface area contributed by atoms with E-state index in [4.69, 9.17) is 0 Å². The van der Waals surface area contributed by atoms with E-state index < -0.39 is 0 Å². The van der Waals surface area contributed by atoms with Gasteiger partial charge in [-0.05, 0) is 42.0 Å². The minimum Gasteiger partial charge on any atom is -0.316 e. The van der Waals surface area contributed by atoms with Gasteiger partial charge in [-0.25, -0.2) is 0 Å². The first-order valence-electron chi connectivity index (χ1n) is 6.69. The maximum atomic E-state index is 3.48. The molecular weight excluding hydrogens is 206 g/mol. The molecule has 0 aliphatic carbocycles. The highest BCUT2D eigenvalue weighted by Crippen LogP contribution is 2.22. The number of nitrogens with one attached hydrogen (secondary N) is 1. The van der Waals surface area contributed by atoms with Gasteiger partial charge in [0, 0.05) is 0 Å². The van der Waals surface area contributed by atoms with E-state index in [9.17, 15) is 0 Å². The monoisotopic (exact) mass is 233 g/mol. The molecule has 0 saturated carbocycles. The minimum absolute atomic E-state index is 0.258. The molecular formula is C16H27N. The van der Waals surface area contributed by atoms with Gasteiger partial charge in [0.25, 0.3) is 0 Å². The highest BCUT2D eigenvalue weighted by atomic mass is 14.8. The summed E-state index contributed by atoms with van der Waals surface area (Å²) >= 11 is 0. The third-order valence-corrected chi connectivity index (χ3v) is 2.96. The fourth-order valence-corrected chi connectivity index (χ4v) is 1.79. The molecule has 0 aliphatic rings. The molecule has 1 heteroatoms. The number of hydrogen-bond donors (Lipinski definition) is 1. The maximum Gasteiger partial charge on any atom is -0.000824 e. The first-order valence-corrected chi connectivity index (χ1v) is 6.69. The third kappa shape index (κ3) is 5.36. The number of hydrogen-bond acceptors (Lipinski definition) is 1.